The topological polar surface area (TPSA) is 0 Å². The van der Waals surface area contributed by atoms with E-state index in [4.69, 9.17) is 0 Å². The lowest BCUT2D eigenvalue weighted by Gasteiger charge is -2.40. The Morgan fingerprint density at radius 3 is 1.32 bits per heavy atom. The fourth-order valence-electron chi connectivity index (χ4n) is 11.8. The van der Waals surface area contributed by atoms with Gasteiger partial charge in [-0.15, -0.1) is 0 Å². The van der Waals surface area contributed by atoms with Gasteiger partial charge in [-0.05, 0) is 150 Å². The smallest absolute Gasteiger partial charge is 0.0619 e. The molecule has 1 spiro atoms. The number of fused-ring (bicyclic) bond motifs is 15. The molecule has 0 radical (unpaired) electrons. The minimum absolute atomic E-state index is 0.431. The standard InChI is InChI=1S/C63H38/c1-2-18-44-39(14-1)15-11-25-45(44)40-30-32-41(33-31-40)53-37-55-49-22-6-4-20-47(49)54(38-56(55)48-21-5-3-19-46(48)53)43-34-35-60-57(36-43)51-24-8-10-28-59(51)63(60)58-27-9-7-23-50(58)52-26-12-16-42-17-13-29-61(63)62(42)52/h1-38H. The van der Waals surface area contributed by atoms with E-state index >= 15 is 0 Å². The van der Waals surface area contributed by atoms with Crippen molar-refractivity contribution in [2.45, 2.75) is 5.41 Å². The first kappa shape index (κ1) is 34.6. The molecule has 2 aliphatic carbocycles. The van der Waals surface area contributed by atoms with E-state index in [-0.39, 0.29) is 0 Å². The highest BCUT2D eigenvalue weighted by Gasteiger charge is 2.50. The van der Waals surface area contributed by atoms with E-state index in [0.717, 1.165) is 0 Å². The van der Waals surface area contributed by atoms with E-state index in [2.05, 4.69) is 231 Å². The highest BCUT2D eigenvalue weighted by atomic mass is 14.5. The van der Waals surface area contributed by atoms with Crippen LogP contribution >= 0.6 is 0 Å². The Hall–Kier alpha value is -8.06. The van der Waals surface area contributed by atoms with Crippen molar-refractivity contribution >= 4 is 53.9 Å². The second-order valence-corrected chi connectivity index (χ2v) is 17.4. The number of benzene rings is 12. The Labute approximate surface area is 366 Å². The third-order valence-electron chi connectivity index (χ3n) is 14.5. The first-order valence-electron chi connectivity index (χ1n) is 22.1. The van der Waals surface area contributed by atoms with Crippen molar-refractivity contribution < 1.29 is 0 Å². The SMILES string of the molecule is c1ccc2c(c1)-c1cc(-c3cc4c5ccccc5c(-c5ccc(-c6cccc7ccccc67)cc5)cc4c4ccccc34)ccc1C21c2ccccc2-c2cccc3cccc1c23. The Bertz CT molecular complexity index is 3890. The molecule has 0 N–H and O–H groups in total. The average Bonchev–Trinajstić information content (AvgIpc) is 3.65. The van der Waals surface area contributed by atoms with Crippen molar-refractivity contribution in [3.05, 3.63) is 253 Å². The molecule has 2 aliphatic rings. The van der Waals surface area contributed by atoms with Crippen LogP contribution in [0.15, 0.2) is 231 Å². The molecule has 0 heteroatoms. The molecule has 12 aromatic carbocycles. The highest BCUT2D eigenvalue weighted by molar-refractivity contribution is 6.24. The lowest BCUT2D eigenvalue weighted by Crippen LogP contribution is -2.31. The zero-order valence-corrected chi connectivity index (χ0v) is 34.4. The maximum atomic E-state index is 2.49. The summed E-state index contributed by atoms with van der Waals surface area (Å²) in [5.74, 6) is 0. The average molecular weight is 795 g/mol. The molecule has 0 nitrogen and oxygen atoms in total. The van der Waals surface area contributed by atoms with Crippen LogP contribution in [0.25, 0.3) is 109 Å². The molecule has 0 saturated heterocycles. The minimum atomic E-state index is -0.431. The van der Waals surface area contributed by atoms with E-state index in [1.54, 1.807) is 0 Å². The van der Waals surface area contributed by atoms with Crippen LogP contribution in [0.5, 0.6) is 0 Å². The monoisotopic (exact) mass is 794 g/mol. The molecule has 1 unspecified atom stereocenters. The largest absolute Gasteiger partial charge is 0.0725 e. The number of rotatable bonds is 3. The molecule has 0 aromatic heterocycles. The van der Waals surface area contributed by atoms with Crippen LogP contribution in [0.4, 0.5) is 0 Å². The van der Waals surface area contributed by atoms with Gasteiger partial charge in [-0.2, -0.15) is 0 Å². The van der Waals surface area contributed by atoms with Gasteiger partial charge >= 0.3 is 0 Å². The van der Waals surface area contributed by atoms with E-state index in [0.29, 0.717) is 0 Å². The molecular weight excluding hydrogens is 757 g/mol. The summed E-state index contributed by atoms with van der Waals surface area (Å²) >= 11 is 0. The summed E-state index contributed by atoms with van der Waals surface area (Å²) in [6.07, 6.45) is 0. The van der Waals surface area contributed by atoms with Crippen LogP contribution in [0.1, 0.15) is 22.3 Å². The van der Waals surface area contributed by atoms with Crippen LogP contribution in [-0.2, 0) is 5.41 Å². The second-order valence-electron chi connectivity index (χ2n) is 17.4. The van der Waals surface area contributed by atoms with Gasteiger partial charge in [0.1, 0.15) is 0 Å². The minimum Gasteiger partial charge on any atom is -0.0619 e. The van der Waals surface area contributed by atoms with E-state index in [9.17, 15) is 0 Å². The summed E-state index contributed by atoms with van der Waals surface area (Å²) in [6, 6.07) is 86.7. The first-order valence-corrected chi connectivity index (χ1v) is 22.1. The second kappa shape index (κ2) is 13.0. The predicted octanol–water partition coefficient (Wildman–Crippen LogP) is 16.8. The van der Waals surface area contributed by atoms with Crippen molar-refractivity contribution in [1.29, 1.82) is 0 Å². The van der Waals surface area contributed by atoms with Crippen molar-refractivity contribution in [2.75, 3.05) is 0 Å². The van der Waals surface area contributed by atoms with E-state index < -0.39 is 5.41 Å². The molecule has 0 heterocycles. The summed E-state index contributed by atoms with van der Waals surface area (Å²) in [5.41, 5.74) is 17.7. The fourth-order valence-corrected chi connectivity index (χ4v) is 11.8. The van der Waals surface area contributed by atoms with Crippen LogP contribution in [0, 0.1) is 0 Å². The van der Waals surface area contributed by atoms with Gasteiger partial charge < -0.3 is 0 Å². The summed E-state index contributed by atoms with van der Waals surface area (Å²) in [4.78, 5) is 0. The molecule has 63 heavy (non-hydrogen) atoms. The summed E-state index contributed by atoms with van der Waals surface area (Å²) < 4.78 is 0. The third kappa shape index (κ3) is 4.70. The summed E-state index contributed by atoms with van der Waals surface area (Å²) in [5, 5.41) is 12.8. The molecule has 0 saturated carbocycles. The zero-order valence-electron chi connectivity index (χ0n) is 34.4. The van der Waals surface area contributed by atoms with Crippen LogP contribution < -0.4 is 0 Å². The van der Waals surface area contributed by atoms with Crippen molar-refractivity contribution in [1.82, 2.24) is 0 Å². The Kier molecular flexibility index (Phi) is 7.13. The van der Waals surface area contributed by atoms with Crippen LogP contribution in [-0.4, -0.2) is 0 Å². The lowest BCUT2D eigenvalue weighted by atomic mass is 9.61. The molecule has 0 amide bonds. The van der Waals surface area contributed by atoms with Gasteiger partial charge in [-0.3, -0.25) is 0 Å². The number of hydrogen-bond acceptors (Lipinski definition) is 0. The molecule has 1 atom stereocenters. The van der Waals surface area contributed by atoms with Gasteiger partial charge in [0, 0.05) is 0 Å². The maximum Gasteiger partial charge on any atom is 0.0725 e. The molecule has 0 fully saturated rings. The Morgan fingerprint density at radius 1 is 0.206 bits per heavy atom. The highest BCUT2D eigenvalue weighted by Crippen LogP contribution is 2.62. The molecule has 12 aromatic rings. The molecular formula is C63H38. The van der Waals surface area contributed by atoms with Gasteiger partial charge in [0.05, 0.1) is 5.41 Å². The van der Waals surface area contributed by atoms with Crippen molar-refractivity contribution in [3.63, 3.8) is 0 Å². The lowest BCUT2D eigenvalue weighted by molar-refractivity contribution is 0.773. The van der Waals surface area contributed by atoms with Crippen LogP contribution in [0.3, 0.4) is 0 Å². The molecule has 290 valence electrons. The van der Waals surface area contributed by atoms with Crippen molar-refractivity contribution in [3.8, 4) is 55.6 Å². The molecule has 0 bridgehead atoms. The first-order chi connectivity index (χ1) is 31.3. The fraction of sp³-hybridized carbons (Fsp3) is 0.0159. The Morgan fingerprint density at radius 2 is 0.635 bits per heavy atom. The van der Waals surface area contributed by atoms with Gasteiger partial charge in [0.2, 0.25) is 0 Å². The quantitative estimate of drug-likeness (QED) is 0.156. The van der Waals surface area contributed by atoms with Crippen molar-refractivity contribution in [2.24, 2.45) is 0 Å². The third-order valence-corrected chi connectivity index (χ3v) is 14.5. The molecule has 0 aliphatic heterocycles. The van der Waals surface area contributed by atoms with Gasteiger partial charge in [0.15, 0.2) is 0 Å². The molecule has 14 rings (SSSR count). The van der Waals surface area contributed by atoms with Gasteiger partial charge in [-0.1, -0.05) is 212 Å². The number of hydrogen-bond donors (Lipinski definition) is 0. The summed E-state index contributed by atoms with van der Waals surface area (Å²) in [7, 11) is 0. The maximum absolute atomic E-state index is 2.49. The summed E-state index contributed by atoms with van der Waals surface area (Å²) in [6.45, 7) is 0. The van der Waals surface area contributed by atoms with E-state index in [1.807, 2.05) is 0 Å². The Balaban J connectivity index is 0.975. The normalized spacial score (nSPS) is 14.7. The predicted molar refractivity (Wildman–Crippen MR) is 267 cm³/mol. The van der Waals surface area contributed by atoms with Gasteiger partial charge in [-0.25, -0.2) is 0 Å². The van der Waals surface area contributed by atoms with Gasteiger partial charge in [0.25, 0.3) is 0 Å². The zero-order chi connectivity index (χ0) is 41.2. The van der Waals surface area contributed by atoms with E-state index in [1.165, 1.54) is 132 Å². The van der Waals surface area contributed by atoms with Crippen LogP contribution in [0.2, 0.25) is 0 Å².